The summed E-state index contributed by atoms with van der Waals surface area (Å²) in [6.07, 6.45) is 0. The average Bonchev–Trinajstić information content (AvgIpc) is 2.28. The van der Waals surface area contributed by atoms with E-state index in [-0.39, 0.29) is 5.82 Å². The smallest absolute Gasteiger partial charge is 0.359 e. The molecule has 2 aromatic carbocycles. The number of hydrogen-bond donors (Lipinski definition) is 1. The molecule has 0 amide bonds. The zero-order valence-electron chi connectivity index (χ0n) is 8.40. The number of hydrogen-bond acceptors (Lipinski definition) is 1. The molecule has 0 aliphatic heterocycles. The lowest BCUT2D eigenvalue weighted by atomic mass is 9.56. The highest BCUT2D eigenvalue weighted by Gasteiger charge is 2.17. The maximum Gasteiger partial charge on any atom is 0.359 e. The molecule has 0 unspecified atom stereocenters. The topological polar surface area (TPSA) is 20.2 Å². The first kappa shape index (κ1) is 11.2. The Kier molecular flexibility index (Phi) is 3.27. The van der Waals surface area contributed by atoms with E-state index in [2.05, 4.69) is 0 Å². The summed E-state index contributed by atoms with van der Waals surface area (Å²) in [4.78, 5) is 0. The lowest BCUT2D eigenvalue weighted by Gasteiger charge is -2.07. The molecule has 1 nitrogen and oxygen atoms in total. The maximum absolute atomic E-state index is 13.0. The van der Waals surface area contributed by atoms with E-state index in [1.807, 2.05) is 0 Å². The maximum atomic E-state index is 13.0. The van der Waals surface area contributed by atoms with Gasteiger partial charge in [-0.1, -0.05) is 35.9 Å². The first-order valence-corrected chi connectivity index (χ1v) is 5.23. The monoisotopic (exact) mass is 234 g/mol. The van der Waals surface area contributed by atoms with Gasteiger partial charge in [0.05, 0.1) is 0 Å². The van der Waals surface area contributed by atoms with Gasteiger partial charge in [-0.3, -0.25) is 0 Å². The van der Waals surface area contributed by atoms with Gasteiger partial charge in [-0.25, -0.2) is 4.39 Å². The van der Waals surface area contributed by atoms with Crippen LogP contribution in [0.3, 0.4) is 0 Å². The summed E-state index contributed by atoms with van der Waals surface area (Å²) in [6, 6.07) is 12.8. The highest BCUT2D eigenvalue weighted by Crippen LogP contribution is 2.04. The molecule has 2 rings (SSSR count). The summed E-state index contributed by atoms with van der Waals surface area (Å²) in [6.45, 7) is -0.852. The molecule has 16 heavy (non-hydrogen) atoms. The zero-order valence-corrected chi connectivity index (χ0v) is 9.16. The van der Waals surface area contributed by atoms with E-state index in [1.54, 1.807) is 36.4 Å². The molecule has 0 aliphatic carbocycles. The van der Waals surface area contributed by atoms with Gasteiger partial charge in [-0.05, 0) is 35.2 Å². The largest absolute Gasteiger partial charge is 0.443 e. The van der Waals surface area contributed by atoms with Gasteiger partial charge < -0.3 is 5.02 Å². The van der Waals surface area contributed by atoms with Gasteiger partial charge in [0, 0.05) is 5.02 Å². The highest BCUT2D eigenvalue weighted by molar-refractivity contribution is 6.79. The second-order valence-corrected chi connectivity index (χ2v) is 3.95. The van der Waals surface area contributed by atoms with Crippen molar-refractivity contribution in [1.82, 2.24) is 0 Å². The third kappa shape index (κ3) is 2.43. The fraction of sp³-hybridized carbons (Fsp3) is 0. The summed E-state index contributed by atoms with van der Waals surface area (Å²) in [5, 5.41) is 10.6. The molecule has 0 spiro atoms. The average molecular weight is 234 g/mol. The van der Waals surface area contributed by atoms with Crippen LogP contribution in [-0.4, -0.2) is 11.9 Å². The van der Waals surface area contributed by atoms with Crippen LogP contribution in [0.25, 0.3) is 0 Å². The van der Waals surface area contributed by atoms with Crippen molar-refractivity contribution in [2.75, 3.05) is 0 Å². The molecule has 0 aromatic heterocycles. The molecule has 0 saturated heterocycles. The van der Waals surface area contributed by atoms with E-state index in [4.69, 9.17) is 11.6 Å². The number of rotatable bonds is 2. The second-order valence-electron chi connectivity index (χ2n) is 3.51. The van der Waals surface area contributed by atoms with Crippen molar-refractivity contribution >= 4 is 29.4 Å². The fourth-order valence-electron chi connectivity index (χ4n) is 1.55. The number of halogens is 2. The van der Waals surface area contributed by atoms with Gasteiger partial charge in [0.15, 0.2) is 0 Å². The molecular weight excluding hydrogens is 225 g/mol. The minimum Gasteiger partial charge on any atom is -0.443 e. The minimum atomic E-state index is -0.852. The van der Waals surface area contributed by atoms with Crippen LogP contribution in [0.4, 0.5) is 4.39 Å². The van der Waals surface area contributed by atoms with Crippen LogP contribution in [0.1, 0.15) is 0 Å². The van der Waals surface area contributed by atoms with Crippen LogP contribution in [-0.2, 0) is 0 Å². The molecule has 1 N–H and O–H groups in total. The molecule has 0 aliphatic rings. The Balaban J connectivity index is 2.35. The summed E-state index contributed by atoms with van der Waals surface area (Å²) >= 11 is 5.82. The van der Waals surface area contributed by atoms with Gasteiger partial charge in [0.2, 0.25) is 0 Å². The van der Waals surface area contributed by atoms with Crippen molar-refractivity contribution < 1.29 is 9.41 Å². The summed E-state index contributed by atoms with van der Waals surface area (Å²) in [5.41, 5.74) is 1.17. The summed E-state index contributed by atoms with van der Waals surface area (Å²) < 4.78 is 13.0. The Morgan fingerprint density at radius 2 is 1.62 bits per heavy atom. The quantitative estimate of drug-likeness (QED) is 0.782. The van der Waals surface area contributed by atoms with Crippen LogP contribution in [0.5, 0.6) is 0 Å². The van der Waals surface area contributed by atoms with Crippen LogP contribution in [0, 0.1) is 5.82 Å². The molecule has 0 radical (unpaired) electrons. The van der Waals surface area contributed by atoms with Crippen molar-refractivity contribution in [3.63, 3.8) is 0 Å². The van der Waals surface area contributed by atoms with Crippen LogP contribution < -0.4 is 10.9 Å². The van der Waals surface area contributed by atoms with Crippen molar-refractivity contribution in [2.24, 2.45) is 0 Å². The van der Waals surface area contributed by atoms with Gasteiger partial charge in [-0.15, -0.1) is 0 Å². The van der Waals surface area contributed by atoms with Crippen molar-refractivity contribution in [3.05, 3.63) is 59.4 Å². The Morgan fingerprint density at radius 3 is 2.25 bits per heavy atom. The van der Waals surface area contributed by atoms with Gasteiger partial charge >= 0.3 is 6.92 Å². The first-order chi connectivity index (χ1) is 7.66. The standard InChI is InChI=1S/C12H9BClFO/c14-11-5-1-3-9(7-11)13(16)10-4-2-6-12(15)8-10/h1-8,16H. The molecule has 0 heterocycles. The third-order valence-corrected chi connectivity index (χ3v) is 2.56. The SMILES string of the molecule is OB(c1cccc(F)c1)c1cccc(Cl)c1. The Bertz CT molecular complexity index is 458. The van der Waals surface area contributed by atoms with Gasteiger partial charge in [0.25, 0.3) is 0 Å². The van der Waals surface area contributed by atoms with E-state index in [0.29, 0.717) is 15.9 Å². The molecule has 80 valence electrons. The molecule has 0 bridgehead atoms. The summed E-state index contributed by atoms with van der Waals surface area (Å²) in [7, 11) is 0. The Hall–Kier alpha value is -1.32. The predicted octanol–water partition coefficient (Wildman–Crippen LogP) is 1.58. The summed E-state index contributed by atoms with van der Waals surface area (Å²) in [5.74, 6) is -0.362. The lowest BCUT2D eigenvalue weighted by molar-refractivity contribution is 0.598. The van der Waals surface area contributed by atoms with Crippen molar-refractivity contribution in [2.45, 2.75) is 0 Å². The predicted molar refractivity (Wildman–Crippen MR) is 65.1 cm³/mol. The second kappa shape index (κ2) is 4.68. The molecule has 0 saturated carbocycles. The normalized spacial score (nSPS) is 10.2. The molecule has 0 atom stereocenters. The van der Waals surface area contributed by atoms with E-state index in [0.717, 1.165) is 0 Å². The van der Waals surface area contributed by atoms with Crippen molar-refractivity contribution in [1.29, 1.82) is 0 Å². The van der Waals surface area contributed by atoms with E-state index >= 15 is 0 Å². The molecule has 2 aromatic rings. The first-order valence-electron chi connectivity index (χ1n) is 4.86. The van der Waals surface area contributed by atoms with Crippen LogP contribution in [0.2, 0.25) is 5.02 Å². The Morgan fingerprint density at radius 1 is 1.00 bits per heavy atom. The van der Waals surface area contributed by atoms with Crippen molar-refractivity contribution in [3.8, 4) is 0 Å². The Labute approximate surface area is 98.6 Å². The molecule has 0 fully saturated rings. The third-order valence-electron chi connectivity index (χ3n) is 2.33. The van der Waals surface area contributed by atoms with E-state index in [1.165, 1.54) is 12.1 Å². The lowest BCUT2D eigenvalue weighted by Crippen LogP contribution is -2.42. The van der Waals surface area contributed by atoms with Gasteiger partial charge in [0.1, 0.15) is 5.82 Å². The molecular formula is C12H9BClFO. The fourth-order valence-corrected chi connectivity index (χ4v) is 1.74. The van der Waals surface area contributed by atoms with Gasteiger partial charge in [-0.2, -0.15) is 0 Å². The zero-order chi connectivity index (χ0) is 11.5. The minimum absolute atomic E-state index is 0.362. The van der Waals surface area contributed by atoms with Crippen LogP contribution in [0.15, 0.2) is 48.5 Å². The van der Waals surface area contributed by atoms with E-state index < -0.39 is 6.92 Å². The van der Waals surface area contributed by atoms with Crippen LogP contribution >= 0.6 is 11.6 Å². The number of benzene rings is 2. The van der Waals surface area contributed by atoms with E-state index in [9.17, 15) is 9.41 Å². The molecule has 4 heteroatoms. The highest BCUT2D eigenvalue weighted by atomic mass is 35.5.